The van der Waals surface area contributed by atoms with Crippen LogP contribution in [-0.4, -0.2) is 23.7 Å². The highest BCUT2D eigenvalue weighted by atomic mass is 32.2. The van der Waals surface area contributed by atoms with Gasteiger partial charge in [0.2, 0.25) is 0 Å². The second-order valence-electron chi connectivity index (χ2n) is 7.40. The van der Waals surface area contributed by atoms with Crippen LogP contribution in [-0.2, 0) is 20.0 Å². The molecule has 8 heteroatoms. The predicted molar refractivity (Wildman–Crippen MR) is 122 cm³/mol. The number of hydrogen-bond acceptors (Lipinski definition) is 6. The van der Waals surface area contributed by atoms with Crippen LogP contribution in [0.3, 0.4) is 0 Å². The third kappa shape index (κ3) is 3.88. The van der Waals surface area contributed by atoms with E-state index >= 15 is 0 Å². The maximum absolute atomic E-state index is 12.7. The van der Waals surface area contributed by atoms with E-state index in [0.717, 1.165) is 21.3 Å². The van der Waals surface area contributed by atoms with Crippen molar-refractivity contribution < 1.29 is 4.55 Å². The molecule has 0 unspecified atom stereocenters. The molecule has 0 fully saturated rings. The average molecular weight is 425 g/mol. The Morgan fingerprint density at radius 1 is 1.20 bits per heavy atom. The van der Waals surface area contributed by atoms with E-state index in [-0.39, 0.29) is 22.1 Å². The molecule has 0 spiro atoms. The summed E-state index contributed by atoms with van der Waals surface area (Å²) >= 11 is 0.436. The molecule has 0 aliphatic rings. The van der Waals surface area contributed by atoms with Crippen LogP contribution in [0.15, 0.2) is 46.0 Å². The summed E-state index contributed by atoms with van der Waals surface area (Å²) in [7, 11) is 1.42. The zero-order chi connectivity index (χ0) is 22.0. The Morgan fingerprint density at radius 2 is 1.93 bits per heavy atom. The molecule has 1 N–H and O–H groups in total. The quantitative estimate of drug-likeness (QED) is 0.583. The number of benzene rings is 1. The highest BCUT2D eigenvalue weighted by Crippen LogP contribution is 2.25. The fourth-order valence-electron chi connectivity index (χ4n) is 3.41. The highest BCUT2D eigenvalue weighted by Gasteiger charge is 2.19. The Kier molecular flexibility index (Phi) is 6.38. The lowest BCUT2D eigenvalue weighted by molar-refractivity contribution is 0.498. The normalized spacial score (nSPS) is 11.2. The molecule has 2 aromatic heterocycles. The molecule has 0 aliphatic carbocycles. The SMILES string of the molecule is C=Cc1cccc(Cc2nc3c(nc2SO)c(=O)n(C)c(=O)n3CC(C)C)c1C=C. The molecule has 7 nitrogen and oxygen atoms in total. The van der Waals surface area contributed by atoms with Crippen molar-refractivity contribution in [1.29, 1.82) is 0 Å². The van der Waals surface area contributed by atoms with Crippen LogP contribution in [0.25, 0.3) is 23.3 Å². The van der Waals surface area contributed by atoms with Gasteiger partial charge >= 0.3 is 5.69 Å². The molecule has 3 rings (SSSR count). The van der Waals surface area contributed by atoms with Crippen LogP contribution in [0.1, 0.15) is 36.2 Å². The van der Waals surface area contributed by atoms with Gasteiger partial charge in [-0.1, -0.05) is 57.4 Å². The first-order chi connectivity index (χ1) is 14.3. The van der Waals surface area contributed by atoms with Crippen LogP contribution >= 0.6 is 12.0 Å². The lowest BCUT2D eigenvalue weighted by atomic mass is 9.97. The summed E-state index contributed by atoms with van der Waals surface area (Å²) in [6.07, 6.45) is 3.84. The van der Waals surface area contributed by atoms with E-state index in [0.29, 0.717) is 30.7 Å². The second kappa shape index (κ2) is 8.81. The van der Waals surface area contributed by atoms with Gasteiger partial charge in [0, 0.05) is 32.1 Å². The van der Waals surface area contributed by atoms with Gasteiger partial charge < -0.3 is 4.55 Å². The largest absolute Gasteiger partial charge is 0.332 e. The number of fused-ring (bicyclic) bond motifs is 1. The van der Waals surface area contributed by atoms with Crippen LogP contribution in [0.2, 0.25) is 0 Å². The monoisotopic (exact) mass is 424 g/mol. The molecule has 30 heavy (non-hydrogen) atoms. The smallest absolute Gasteiger partial charge is 0.324 e. The van der Waals surface area contributed by atoms with Gasteiger partial charge in [0.05, 0.1) is 5.69 Å². The maximum atomic E-state index is 12.7. The summed E-state index contributed by atoms with van der Waals surface area (Å²) in [6.45, 7) is 12.1. The van der Waals surface area contributed by atoms with Crippen molar-refractivity contribution in [3.8, 4) is 0 Å². The Balaban J connectivity index is 2.30. The third-order valence-corrected chi connectivity index (χ3v) is 5.34. The minimum absolute atomic E-state index is 0.0573. The first-order valence-electron chi connectivity index (χ1n) is 9.51. The minimum atomic E-state index is -0.537. The minimum Gasteiger partial charge on any atom is -0.324 e. The van der Waals surface area contributed by atoms with Gasteiger partial charge in [-0.2, -0.15) is 0 Å². The summed E-state index contributed by atoms with van der Waals surface area (Å²) in [6, 6.07) is 5.78. The third-order valence-electron chi connectivity index (χ3n) is 4.84. The van der Waals surface area contributed by atoms with E-state index in [2.05, 4.69) is 23.1 Å². The van der Waals surface area contributed by atoms with E-state index in [1.54, 1.807) is 12.2 Å². The Morgan fingerprint density at radius 3 is 2.53 bits per heavy atom. The molecule has 3 aromatic rings. The molecule has 2 heterocycles. The van der Waals surface area contributed by atoms with E-state index in [1.807, 2.05) is 32.0 Å². The summed E-state index contributed by atoms with van der Waals surface area (Å²) in [5.41, 5.74) is 2.55. The Hall–Kier alpha value is -2.97. The van der Waals surface area contributed by atoms with Gasteiger partial charge in [0.25, 0.3) is 5.56 Å². The Bertz CT molecular complexity index is 1260. The van der Waals surface area contributed by atoms with Crippen molar-refractivity contribution in [1.82, 2.24) is 19.1 Å². The molecule has 0 amide bonds. The number of rotatable bonds is 7. The first kappa shape index (κ1) is 21.7. The van der Waals surface area contributed by atoms with Crippen molar-refractivity contribution in [2.75, 3.05) is 0 Å². The molecule has 156 valence electrons. The zero-order valence-corrected chi connectivity index (χ0v) is 18.1. The second-order valence-corrected chi connectivity index (χ2v) is 7.96. The summed E-state index contributed by atoms with van der Waals surface area (Å²) in [5.74, 6) is 0.164. The van der Waals surface area contributed by atoms with Crippen molar-refractivity contribution in [3.63, 3.8) is 0 Å². The lowest BCUT2D eigenvalue weighted by Crippen LogP contribution is -2.39. The lowest BCUT2D eigenvalue weighted by Gasteiger charge is -2.15. The maximum Gasteiger partial charge on any atom is 0.332 e. The van der Waals surface area contributed by atoms with Crippen LogP contribution < -0.4 is 11.2 Å². The molecule has 1 aromatic carbocycles. The average Bonchev–Trinajstić information content (AvgIpc) is 2.74. The molecule has 0 saturated heterocycles. The van der Waals surface area contributed by atoms with Gasteiger partial charge in [-0.15, -0.1) is 0 Å². The van der Waals surface area contributed by atoms with Crippen LogP contribution in [0.5, 0.6) is 0 Å². The van der Waals surface area contributed by atoms with Gasteiger partial charge in [0.15, 0.2) is 11.2 Å². The number of hydrogen-bond donors (Lipinski definition) is 1. The molecule has 0 bridgehead atoms. The van der Waals surface area contributed by atoms with Crippen molar-refractivity contribution >= 4 is 35.4 Å². The van der Waals surface area contributed by atoms with E-state index in [4.69, 9.17) is 0 Å². The number of aromatic nitrogens is 4. The van der Waals surface area contributed by atoms with Crippen molar-refractivity contribution in [2.24, 2.45) is 13.0 Å². The molecule has 0 aliphatic heterocycles. The fraction of sp³-hybridized carbons (Fsp3) is 0.273. The molecule has 0 atom stereocenters. The van der Waals surface area contributed by atoms with Gasteiger partial charge in [-0.25, -0.2) is 14.8 Å². The highest BCUT2D eigenvalue weighted by molar-refractivity contribution is 7.93. The van der Waals surface area contributed by atoms with E-state index in [1.165, 1.54) is 11.6 Å². The van der Waals surface area contributed by atoms with Crippen LogP contribution in [0, 0.1) is 5.92 Å². The van der Waals surface area contributed by atoms with Gasteiger partial charge in [0.1, 0.15) is 5.03 Å². The van der Waals surface area contributed by atoms with Gasteiger partial charge in [-0.3, -0.25) is 13.9 Å². The number of nitrogens with zero attached hydrogens (tertiary/aromatic N) is 4. The molecule has 0 radical (unpaired) electrons. The Labute approximate surface area is 178 Å². The zero-order valence-electron chi connectivity index (χ0n) is 17.3. The summed E-state index contributed by atoms with van der Waals surface area (Å²) in [4.78, 5) is 34.4. The van der Waals surface area contributed by atoms with Crippen molar-refractivity contribution in [3.05, 3.63) is 74.6 Å². The molecular weight excluding hydrogens is 400 g/mol. The fourth-order valence-corrected chi connectivity index (χ4v) is 3.76. The topological polar surface area (TPSA) is 90.0 Å². The summed E-state index contributed by atoms with van der Waals surface area (Å²) in [5, 5.41) is 0.230. The molecular formula is C22H24N4O3S. The predicted octanol–water partition coefficient (Wildman–Crippen LogP) is 3.59. The van der Waals surface area contributed by atoms with Crippen LogP contribution in [0.4, 0.5) is 0 Å². The first-order valence-corrected chi connectivity index (χ1v) is 10.3. The standard InChI is InChI=1S/C22H24N4O3S/c1-6-14-9-8-10-15(16(14)7-2)11-17-20(30-29)24-18-19(23-17)26(12-13(3)4)22(28)25(5)21(18)27/h6-10,13,29H,1-2,11-12H2,3-5H3. The van der Waals surface area contributed by atoms with Crippen molar-refractivity contribution in [2.45, 2.75) is 31.8 Å². The van der Waals surface area contributed by atoms with E-state index in [9.17, 15) is 14.1 Å². The summed E-state index contributed by atoms with van der Waals surface area (Å²) < 4.78 is 12.3. The molecule has 0 saturated carbocycles. The van der Waals surface area contributed by atoms with E-state index < -0.39 is 11.2 Å². The van der Waals surface area contributed by atoms with Gasteiger partial charge in [-0.05, 0) is 22.6 Å².